The lowest BCUT2D eigenvalue weighted by atomic mass is 10.2. The fraction of sp³-hybridized carbons (Fsp3) is 0.600. The first-order chi connectivity index (χ1) is 11.0. The number of fused-ring (bicyclic) bond motifs is 1. The molecule has 23 heavy (non-hydrogen) atoms. The van der Waals surface area contributed by atoms with Gasteiger partial charge in [-0.15, -0.1) is 0 Å². The Hall–Kier alpha value is -1.96. The van der Waals surface area contributed by atoms with Crippen LogP contribution >= 0.6 is 11.3 Å². The Kier molecular flexibility index (Phi) is 3.37. The third-order valence-corrected chi connectivity index (χ3v) is 5.48. The number of thiazole rings is 1. The van der Waals surface area contributed by atoms with Crippen LogP contribution in [0.5, 0.6) is 0 Å². The van der Waals surface area contributed by atoms with Crippen molar-refractivity contribution in [3.63, 3.8) is 0 Å². The van der Waals surface area contributed by atoms with Gasteiger partial charge in [0.05, 0.1) is 10.4 Å². The van der Waals surface area contributed by atoms with E-state index < -0.39 is 0 Å². The van der Waals surface area contributed by atoms with Gasteiger partial charge >= 0.3 is 0 Å². The first-order valence-corrected chi connectivity index (χ1v) is 8.76. The Morgan fingerprint density at radius 2 is 2.13 bits per heavy atom. The molecular weight excluding hydrogens is 312 g/mol. The third kappa shape index (κ3) is 2.32. The van der Waals surface area contributed by atoms with E-state index in [9.17, 15) is 0 Å². The molecule has 122 valence electrons. The van der Waals surface area contributed by atoms with Crippen LogP contribution in [0.4, 0.5) is 5.13 Å². The molecule has 1 fully saturated rings. The molecule has 8 heteroatoms. The van der Waals surface area contributed by atoms with Crippen molar-refractivity contribution in [1.29, 1.82) is 0 Å². The second kappa shape index (κ2) is 5.30. The monoisotopic (exact) mass is 332 g/mol. The van der Waals surface area contributed by atoms with Crippen LogP contribution in [0.15, 0.2) is 4.52 Å². The molecular formula is C15H20N6OS. The van der Waals surface area contributed by atoms with Gasteiger partial charge in [-0.1, -0.05) is 30.3 Å². The van der Waals surface area contributed by atoms with Gasteiger partial charge in [-0.25, -0.2) is 9.67 Å². The van der Waals surface area contributed by atoms with Gasteiger partial charge in [-0.05, 0) is 19.8 Å². The Balaban J connectivity index is 1.69. The molecule has 0 amide bonds. The summed E-state index contributed by atoms with van der Waals surface area (Å²) in [6.45, 7) is 7.14. The fourth-order valence-electron chi connectivity index (χ4n) is 3.07. The molecule has 0 unspecified atom stereocenters. The molecule has 4 heterocycles. The van der Waals surface area contributed by atoms with E-state index in [1.807, 2.05) is 18.7 Å². The number of aryl methyl sites for hydroxylation is 2. The number of rotatable bonds is 3. The maximum absolute atomic E-state index is 5.52. The lowest BCUT2D eigenvalue weighted by Gasteiger charge is -2.20. The van der Waals surface area contributed by atoms with Gasteiger partial charge in [0.15, 0.2) is 16.6 Å². The molecule has 0 saturated carbocycles. The van der Waals surface area contributed by atoms with Crippen LogP contribution in [0.1, 0.15) is 56.1 Å². The van der Waals surface area contributed by atoms with E-state index in [0.29, 0.717) is 5.89 Å². The number of hydrogen-bond donors (Lipinski definition) is 0. The minimum Gasteiger partial charge on any atom is -0.337 e. The first kappa shape index (κ1) is 14.6. The van der Waals surface area contributed by atoms with Crippen molar-refractivity contribution in [3.8, 4) is 0 Å². The lowest BCUT2D eigenvalue weighted by molar-refractivity contribution is 0.349. The highest BCUT2D eigenvalue weighted by Crippen LogP contribution is 2.40. The Bertz CT molecular complexity index is 813. The number of nitrogens with zero attached hydrogens (tertiary/aromatic N) is 6. The van der Waals surface area contributed by atoms with Gasteiger partial charge in [-0.2, -0.15) is 10.1 Å². The molecule has 3 aromatic heterocycles. The minimum absolute atomic E-state index is 0.129. The quantitative estimate of drug-likeness (QED) is 0.733. The van der Waals surface area contributed by atoms with Crippen molar-refractivity contribution >= 4 is 26.8 Å². The summed E-state index contributed by atoms with van der Waals surface area (Å²) < 4.78 is 8.52. The van der Waals surface area contributed by atoms with E-state index >= 15 is 0 Å². The van der Waals surface area contributed by atoms with Crippen molar-refractivity contribution < 1.29 is 4.52 Å². The summed E-state index contributed by atoms with van der Waals surface area (Å²) in [4.78, 5) is 11.7. The maximum Gasteiger partial charge on any atom is 0.249 e. The zero-order valence-corrected chi connectivity index (χ0v) is 14.6. The summed E-state index contributed by atoms with van der Waals surface area (Å²) in [5, 5.41) is 9.55. The SMILES string of the molecule is Cc1nn(C)c2nc(N3CCC[C@H]3c3nc(C(C)C)no3)sc12. The molecule has 0 aliphatic carbocycles. The summed E-state index contributed by atoms with van der Waals surface area (Å²) in [6, 6.07) is 0.129. The summed E-state index contributed by atoms with van der Waals surface area (Å²) in [5.41, 5.74) is 1.98. The number of aromatic nitrogens is 5. The fourth-order valence-corrected chi connectivity index (χ4v) is 4.17. The van der Waals surface area contributed by atoms with Crippen molar-refractivity contribution in [1.82, 2.24) is 24.9 Å². The molecule has 0 bridgehead atoms. The molecule has 0 radical (unpaired) electrons. The van der Waals surface area contributed by atoms with Gasteiger partial charge in [0.25, 0.3) is 0 Å². The third-order valence-electron chi connectivity index (χ3n) is 4.29. The average Bonchev–Trinajstić information content (AvgIpc) is 3.24. The van der Waals surface area contributed by atoms with Crippen LogP contribution in [-0.2, 0) is 7.05 Å². The molecule has 0 aromatic carbocycles. The van der Waals surface area contributed by atoms with Gasteiger partial charge in [0.2, 0.25) is 5.89 Å². The maximum atomic E-state index is 5.52. The summed E-state index contributed by atoms with van der Waals surface area (Å²) in [5.74, 6) is 1.76. The van der Waals surface area contributed by atoms with Crippen molar-refractivity contribution in [2.45, 2.75) is 45.6 Å². The van der Waals surface area contributed by atoms with Gasteiger partial charge in [-0.3, -0.25) is 0 Å². The van der Waals surface area contributed by atoms with Crippen LogP contribution in [0.2, 0.25) is 0 Å². The summed E-state index contributed by atoms with van der Waals surface area (Å²) in [6.07, 6.45) is 2.13. The van der Waals surface area contributed by atoms with E-state index in [1.54, 1.807) is 11.3 Å². The zero-order chi connectivity index (χ0) is 16.1. The summed E-state index contributed by atoms with van der Waals surface area (Å²) in [7, 11) is 1.94. The first-order valence-electron chi connectivity index (χ1n) is 7.95. The van der Waals surface area contributed by atoms with Crippen LogP contribution in [-0.4, -0.2) is 31.4 Å². The molecule has 1 saturated heterocycles. The molecule has 1 atom stereocenters. The summed E-state index contributed by atoms with van der Waals surface area (Å²) >= 11 is 1.70. The van der Waals surface area contributed by atoms with E-state index in [0.717, 1.165) is 46.4 Å². The van der Waals surface area contributed by atoms with E-state index in [-0.39, 0.29) is 12.0 Å². The largest absolute Gasteiger partial charge is 0.337 e. The highest BCUT2D eigenvalue weighted by molar-refractivity contribution is 7.22. The second-order valence-corrected chi connectivity index (χ2v) is 7.33. The molecule has 4 rings (SSSR count). The van der Waals surface area contributed by atoms with Crippen LogP contribution < -0.4 is 4.90 Å². The van der Waals surface area contributed by atoms with Gasteiger partial charge in [0, 0.05) is 19.5 Å². The van der Waals surface area contributed by atoms with Crippen molar-refractivity contribution in [3.05, 3.63) is 17.4 Å². The molecule has 0 spiro atoms. The topological polar surface area (TPSA) is 72.9 Å². The normalized spacial score (nSPS) is 18.7. The highest BCUT2D eigenvalue weighted by Gasteiger charge is 2.33. The van der Waals surface area contributed by atoms with Crippen molar-refractivity contribution in [2.75, 3.05) is 11.4 Å². The Morgan fingerprint density at radius 1 is 1.30 bits per heavy atom. The highest BCUT2D eigenvalue weighted by atomic mass is 32.1. The molecule has 7 nitrogen and oxygen atoms in total. The standard InChI is InChI=1S/C15H20N6OS/c1-8(2)12-16-14(22-19-12)10-6-5-7-21(10)15-17-13-11(23-15)9(3)18-20(13)4/h8,10H,5-7H2,1-4H3/t10-/m0/s1. The Labute approximate surface area is 138 Å². The van der Waals surface area contributed by atoms with E-state index in [1.165, 1.54) is 0 Å². The van der Waals surface area contributed by atoms with E-state index in [2.05, 4.69) is 34.0 Å². The molecule has 1 aliphatic heterocycles. The smallest absolute Gasteiger partial charge is 0.249 e. The van der Waals surface area contributed by atoms with Crippen molar-refractivity contribution in [2.24, 2.45) is 7.05 Å². The molecule has 1 aliphatic rings. The zero-order valence-electron chi connectivity index (χ0n) is 13.8. The number of anilines is 1. The average molecular weight is 332 g/mol. The lowest BCUT2D eigenvalue weighted by Crippen LogP contribution is -2.22. The van der Waals surface area contributed by atoms with Crippen LogP contribution in [0.25, 0.3) is 10.3 Å². The second-order valence-electron chi connectivity index (χ2n) is 6.36. The minimum atomic E-state index is 0.129. The van der Waals surface area contributed by atoms with E-state index in [4.69, 9.17) is 9.51 Å². The van der Waals surface area contributed by atoms with Crippen LogP contribution in [0.3, 0.4) is 0 Å². The Morgan fingerprint density at radius 3 is 2.83 bits per heavy atom. The number of hydrogen-bond acceptors (Lipinski definition) is 7. The molecule has 3 aromatic rings. The van der Waals surface area contributed by atoms with Gasteiger partial charge < -0.3 is 9.42 Å². The van der Waals surface area contributed by atoms with Crippen LogP contribution in [0, 0.1) is 6.92 Å². The predicted octanol–water partition coefficient (Wildman–Crippen LogP) is 3.19. The van der Waals surface area contributed by atoms with Gasteiger partial charge in [0.1, 0.15) is 6.04 Å². The predicted molar refractivity (Wildman–Crippen MR) is 88.8 cm³/mol. The molecule has 0 N–H and O–H groups in total.